The number of benzene rings is 1. The SMILES string of the molecule is CC1CCCC(C(NN)c2ccccc2Br)C1. The van der Waals surface area contributed by atoms with Crippen LogP contribution in [-0.4, -0.2) is 0 Å². The Morgan fingerprint density at radius 3 is 2.76 bits per heavy atom. The Morgan fingerprint density at radius 2 is 2.12 bits per heavy atom. The normalized spacial score (nSPS) is 26.8. The molecule has 1 aliphatic rings. The van der Waals surface area contributed by atoms with Gasteiger partial charge in [-0.05, 0) is 36.3 Å². The fraction of sp³-hybridized carbons (Fsp3) is 0.571. The van der Waals surface area contributed by atoms with Gasteiger partial charge >= 0.3 is 0 Å². The molecule has 0 aliphatic heterocycles. The largest absolute Gasteiger partial charge is 0.271 e. The molecule has 0 radical (unpaired) electrons. The van der Waals surface area contributed by atoms with E-state index < -0.39 is 0 Å². The van der Waals surface area contributed by atoms with Gasteiger partial charge in [0.2, 0.25) is 0 Å². The second-order valence-corrected chi connectivity index (χ2v) is 6.05. The summed E-state index contributed by atoms with van der Waals surface area (Å²) in [7, 11) is 0. The molecular formula is C14H21BrN2. The van der Waals surface area contributed by atoms with Gasteiger partial charge in [0.1, 0.15) is 0 Å². The van der Waals surface area contributed by atoms with Crippen LogP contribution in [0.5, 0.6) is 0 Å². The molecule has 0 aromatic heterocycles. The van der Waals surface area contributed by atoms with Gasteiger partial charge in [0.15, 0.2) is 0 Å². The average molecular weight is 297 g/mol. The van der Waals surface area contributed by atoms with Crippen molar-refractivity contribution in [2.45, 2.75) is 38.6 Å². The molecule has 0 amide bonds. The molecule has 3 unspecified atom stereocenters. The molecule has 2 nitrogen and oxygen atoms in total. The van der Waals surface area contributed by atoms with Crippen molar-refractivity contribution in [3.05, 3.63) is 34.3 Å². The van der Waals surface area contributed by atoms with Crippen molar-refractivity contribution in [2.24, 2.45) is 17.7 Å². The molecule has 0 saturated heterocycles. The molecule has 0 spiro atoms. The predicted octanol–water partition coefficient (Wildman–Crippen LogP) is 3.78. The summed E-state index contributed by atoms with van der Waals surface area (Å²) < 4.78 is 1.15. The van der Waals surface area contributed by atoms with Gasteiger partial charge in [-0.3, -0.25) is 11.3 Å². The van der Waals surface area contributed by atoms with Crippen LogP contribution in [-0.2, 0) is 0 Å². The standard InChI is InChI=1S/C14H21BrN2/c1-10-5-4-6-11(9-10)14(17-16)12-7-2-3-8-13(12)15/h2-3,7-8,10-11,14,17H,4-6,9,16H2,1H3. The van der Waals surface area contributed by atoms with E-state index in [1.165, 1.54) is 31.2 Å². The van der Waals surface area contributed by atoms with Gasteiger partial charge in [-0.2, -0.15) is 0 Å². The van der Waals surface area contributed by atoms with E-state index in [0.717, 1.165) is 10.4 Å². The zero-order chi connectivity index (χ0) is 12.3. The third-order valence-electron chi connectivity index (χ3n) is 3.87. The van der Waals surface area contributed by atoms with E-state index in [2.05, 4.69) is 46.5 Å². The third kappa shape index (κ3) is 3.09. The minimum atomic E-state index is 0.272. The minimum Gasteiger partial charge on any atom is -0.271 e. The lowest BCUT2D eigenvalue weighted by atomic mass is 9.77. The Kier molecular flexibility index (Phi) is 4.60. The van der Waals surface area contributed by atoms with Crippen molar-refractivity contribution in [3.63, 3.8) is 0 Å². The van der Waals surface area contributed by atoms with Crippen molar-refractivity contribution in [1.82, 2.24) is 5.43 Å². The molecule has 94 valence electrons. The van der Waals surface area contributed by atoms with Crippen LogP contribution in [0.15, 0.2) is 28.7 Å². The molecule has 0 bridgehead atoms. The summed E-state index contributed by atoms with van der Waals surface area (Å²) in [5.74, 6) is 7.26. The Hall–Kier alpha value is -0.380. The van der Waals surface area contributed by atoms with Crippen molar-refractivity contribution < 1.29 is 0 Å². The number of hydrazine groups is 1. The monoisotopic (exact) mass is 296 g/mol. The first-order valence-electron chi connectivity index (χ1n) is 6.43. The average Bonchev–Trinajstić information content (AvgIpc) is 2.33. The van der Waals surface area contributed by atoms with Gasteiger partial charge in [-0.15, -0.1) is 0 Å². The van der Waals surface area contributed by atoms with Gasteiger partial charge in [0, 0.05) is 10.5 Å². The molecule has 1 aliphatic carbocycles. The van der Waals surface area contributed by atoms with E-state index in [-0.39, 0.29) is 6.04 Å². The Labute approximate surface area is 112 Å². The maximum absolute atomic E-state index is 5.78. The van der Waals surface area contributed by atoms with Crippen LogP contribution >= 0.6 is 15.9 Å². The molecule has 2 rings (SSSR count). The zero-order valence-corrected chi connectivity index (χ0v) is 11.9. The van der Waals surface area contributed by atoms with Crippen molar-refractivity contribution in [2.75, 3.05) is 0 Å². The molecule has 1 fully saturated rings. The zero-order valence-electron chi connectivity index (χ0n) is 10.3. The van der Waals surface area contributed by atoms with Crippen LogP contribution in [0.4, 0.5) is 0 Å². The van der Waals surface area contributed by atoms with Crippen molar-refractivity contribution in [3.8, 4) is 0 Å². The number of hydrogen-bond donors (Lipinski definition) is 2. The minimum absolute atomic E-state index is 0.272. The Balaban J connectivity index is 2.18. The summed E-state index contributed by atoms with van der Waals surface area (Å²) >= 11 is 3.62. The topological polar surface area (TPSA) is 38.0 Å². The van der Waals surface area contributed by atoms with Gasteiger partial charge in [0.05, 0.1) is 0 Å². The fourth-order valence-electron chi connectivity index (χ4n) is 2.99. The molecule has 3 N–H and O–H groups in total. The number of nitrogens with two attached hydrogens (primary N) is 1. The maximum atomic E-state index is 5.78. The smallest absolute Gasteiger partial charge is 0.0499 e. The lowest BCUT2D eigenvalue weighted by molar-refractivity contribution is 0.224. The third-order valence-corrected chi connectivity index (χ3v) is 4.59. The Bertz CT molecular complexity index is 367. The summed E-state index contributed by atoms with van der Waals surface area (Å²) in [4.78, 5) is 0. The summed E-state index contributed by atoms with van der Waals surface area (Å²) in [6.07, 6.45) is 5.24. The van der Waals surface area contributed by atoms with E-state index >= 15 is 0 Å². The summed E-state index contributed by atoms with van der Waals surface area (Å²) in [5, 5.41) is 0. The second-order valence-electron chi connectivity index (χ2n) is 5.20. The first-order valence-corrected chi connectivity index (χ1v) is 7.22. The molecular weight excluding hydrogens is 276 g/mol. The van der Waals surface area contributed by atoms with E-state index in [0.29, 0.717) is 5.92 Å². The van der Waals surface area contributed by atoms with Crippen LogP contribution in [0.3, 0.4) is 0 Å². The molecule has 3 atom stereocenters. The van der Waals surface area contributed by atoms with Crippen molar-refractivity contribution in [1.29, 1.82) is 0 Å². The predicted molar refractivity (Wildman–Crippen MR) is 75.3 cm³/mol. The molecule has 3 heteroatoms. The summed E-state index contributed by atoms with van der Waals surface area (Å²) in [5.41, 5.74) is 4.31. The molecule has 1 aromatic rings. The molecule has 0 heterocycles. The second kappa shape index (κ2) is 5.98. The van der Waals surface area contributed by atoms with E-state index in [4.69, 9.17) is 5.84 Å². The number of rotatable bonds is 3. The highest BCUT2D eigenvalue weighted by Crippen LogP contribution is 2.38. The number of hydrogen-bond acceptors (Lipinski definition) is 2. The van der Waals surface area contributed by atoms with Crippen LogP contribution in [0.25, 0.3) is 0 Å². The summed E-state index contributed by atoms with van der Waals surface area (Å²) in [6.45, 7) is 2.35. The quantitative estimate of drug-likeness (QED) is 0.658. The molecule has 1 aromatic carbocycles. The molecule has 17 heavy (non-hydrogen) atoms. The van der Waals surface area contributed by atoms with E-state index in [1.54, 1.807) is 0 Å². The van der Waals surface area contributed by atoms with Gasteiger partial charge in [0.25, 0.3) is 0 Å². The first-order chi connectivity index (χ1) is 8.22. The van der Waals surface area contributed by atoms with Crippen LogP contribution in [0.1, 0.15) is 44.2 Å². The molecule has 1 saturated carbocycles. The van der Waals surface area contributed by atoms with E-state index in [9.17, 15) is 0 Å². The Morgan fingerprint density at radius 1 is 1.35 bits per heavy atom. The van der Waals surface area contributed by atoms with Crippen LogP contribution in [0, 0.1) is 11.8 Å². The van der Waals surface area contributed by atoms with Crippen LogP contribution < -0.4 is 11.3 Å². The number of nitrogens with one attached hydrogen (secondary N) is 1. The lowest BCUT2D eigenvalue weighted by Gasteiger charge is -2.33. The van der Waals surface area contributed by atoms with E-state index in [1.807, 2.05) is 6.07 Å². The highest BCUT2D eigenvalue weighted by molar-refractivity contribution is 9.10. The highest BCUT2D eigenvalue weighted by Gasteiger charge is 2.27. The lowest BCUT2D eigenvalue weighted by Crippen LogP contribution is -2.35. The van der Waals surface area contributed by atoms with Gasteiger partial charge < -0.3 is 0 Å². The summed E-state index contributed by atoms with van der Waals surface area (Å²) in [6, 6.07) is 8.65. The van der Waals surface area contributed by atoms with Crippen molar-refractivity contribution >= 4 is 15.9 Å². The van der Waals surface area contributed by atoms with Gasteiger partial charge in [-0.25, -0.2) is 0 Å². The number of halogens is 1. The maximum Gasteiger partial charge on any atom is 0.0499 e. The fourth-order valence-corrected chi connectivity index (χ4v) is 3.52. The highest BCUT2D eigenvalue weighted by atomic mass is 79.9. The van der Waals surface area contributed by atoms with Crippen LogP contribution in [0.2, 0.25) is 0 Å². The first kappa shape index (κ1) is 13.1. The van der Waals surface area contributed by atoms with Gasteiger partial charge in [-0.1, -0.05) is 53.9 Å².